The van der Waals surface area contributed by atoms with E-state index >= 15 is 0 Å². The Hall–Kier alpha value is -2.15. The molecule has 1 heteroatoms. The molecule has 2 aromatic rings. The molecule has 3 rings (SSSR count). The van der Waals surface area contributed by atoms with Gasteiger partial charge in [0.2, 0.25) is 0 Å². The number of Topliss-reactive ketones (excluding diaryl/α,β-unsaturated/α-hetero) is 1. The van der Waals surface area contributed by atoms with E-state index in [1.807, 2.05) is 19.1 Å². The molecule has 0 heterocycles. The molecule has 1 aliphatic rings. The summed E-state index contributed by atoms with van der Waals surface area (Å²) in [6.07, 6.45) is 12.4. The summed E-state index contributed by atoms with van der Waals surface area (Å²) in [5.41, 5.74) is 8.69. The molecular weight excluding hydrogens is 412 g/mol. The normalized spacial score (nSPS) is 17.1. The van der Waals surface area contributed by atoms with Crippen molar-refractivity contribution in [2.24, 2.45) is 5.41 Å². The first-order valence-electron chi connectivity index (χ1n) is 13.3. The van der Waals surface area contributed by atoms with Crippen molar-refractivity contribution >= 4 is 17.9 Å². The molecule has 0 saturated heterocycles. The second-order valence-electron chi connectivity index (χ2n) is 12.9. The molecule has 0 unspecified atom stereocenters. The monoisotopic (exact) mass is 458 g/mol. The summed E-state index contributed by atoms with van der Waals surface area (Å²) in [5.74, 6) is 0.201. The number of ketones is 1. The van der Waals surface area contributed by atoms with Crippen molar-refractivity contribution in [3.8, 4) is 0 Å². The van der Waals surface area contributed by atoms with Gasteiger partial charge in [0.05, 0.1) is 0 Å². The van der Waals surface area contributed by atoms with E-state index in [0.29, 0.717) is 11.8 Å². The van der Waals surface area contributed by atoms with Crippen molar-refractivity contribution in [3.05, 3.63) is 69.8 Å². The van der Waals surface area contributed by atoms with E-state index in [0.717, 1.165) is 17.5 Å². The van der Waals surface area contributed by atoms with Crippen LogP contribution in [0, 0.1) is 5.41 Å². The second-order valence-corrected chi connectivity index (χ2v) is 12.9. The maximum Gasteiger partial charge on any atom is 0.162 e. The smallest absolute Gasteiger partial charge is 0.162 e. The molecule has 0 N–H and O–H groups in total. The Morgan fingerprint density at radius 2 is 1.47 bits per heavy atom. The number of hydrogen-bond donors (Lipinski definition) is 0. The first-order chi connectivity index (χ1) is 15.8. The molecule has 0 aliphatic heterocycles. The summed E-state index contributed by atoms with van der Waals surface area (Å²) in [6.45, 7) is 18.6. The van der Waals surface area contributed by atoms with Crippen molar-refractivity contribution < 1.29 is 4.79 Å². The number of hydrogen-bond acceptors (Lipinski definition) is 1. The maximum atomic E-state index is 12.0. The van der Waals surface area contributed by atoms with Crippen LogP contribution >= 0.6 is 0 Å². The zero-order chi connectivity index (χ0) is 25.1. The Morgan fingerprint density at radius 3 is 2.03 bits per heavy atom. The van der Waals surface area contributed by atoms with Crippen molar-refractivity contribution in [2.45, 2.75) is 111 Å². The maximum absolute atomic E-state index is 12.0. The van der Waals surface area contributed by atoms with Crippen LogP contribution in [-0.2, 0) is 17.3 Å². The van der Waals surface area contributed by atoms with E-state index in [1.165, 1.54) is 48.8 Å². The lowest BCUT2D eigenvalue weighted by Gasteiger charge is -2.42. The molecule has 1 nitrogen and oxygen atoms in total. The summed E-state index contributed by atoms with van der Waals surface area (Å²) in [6, 6.07) is 13.1. The number of carbonyl (C=O) groups excluding carboxylic acids is 1. The number of benzene rings is 2. The van der Waals surface area contributed by atoms with Gasteiger partial charge >= 0.3 is 0 Å². The highest BCUT2D eigenvalue weighted by Crippen LogP contribution is 2.47. The fourth-order valence-corrected chi connectivity index (χ4v) is 5.19. The standard InChI is InChI=1S/C33H46O/c1-9-30(34)25-16-13-24(14-17-25)15-18-27-23-29-28(32(5,6)20-21-33(29,7)8)22-26(27)12-10-11-19-31(2,3)4/h13-18,22-23H,9-12,19-21H2,1-8H3/b18-15+. The van der Waals surface area contributed by atoms with Crippen LogP contribution in [0.15, 0.2) is 36.4 Å². The first kappa shape index (κ1) is 26.5. The Balaban J connectivity index is 1.94. The van der Waals surface area contributed by atoms with Crippen LogP contribution in [0.5, 0.6) is 0 Å². The summed E-state index contributed by atoms with van der Waals surface area (Å²) >= 11 is 0. The van der Waals surface area contributed by atoms with Crippen LogP contribution in [0.2, 0.25) is 0 Å². The third-order valence-corrected chi connectivity index (χ3v) is 7.74. The summed E-state index contributed by atoms with van der Waals surface area (Å²) in [5, 5.41) is 0. The van der Waals surface area contributed by atoms with Crippen LogP contribution < -0.4 is 0 Å². The van der Waals surface area contributed by atoms with Gasteiger partial charge in [0.1, 0.15) is 0 Å². The van der Waals surface area contributed by atoms with E-state index < -0.39 is 0 Å². The van der Waals surface area contributed by atoms with Gasteiger partial charge in [-0.05, 0) is 76.2 Å². The van der Waals surface area contributed by atoms with E-state index in [4.69, 9.17) is 0 Å². The molecule has 0 bridgehead atoms. The molecule has 184 valence electrons. The van der Waals surface area contributed by atoms with Crippen molar-refractivity contribution in [2.75, 3.05) is 0 Å². The van der Waals surface area contributed by atoms with E-state index in [9.17, 15) is 4.79 Å². The number of fused-ring (bicyclic) bond motifs is 1. The predicted octanol–water partition coefficient (Wildman–Crippen LogP) is 9.56. The highest BCUT2D eigenvalue weighted by molar-refractivity contribution is 5.96. The molecule has 0 aromatic heterocycles. The minimum Gasteiger partial charge on any atom is -0.294 e. The third kappa shape index (κ3) is 6.49. The van der Waals surface area contributed by atoms with Gasteiger partial charge in [0.25, 0.3) is 0 Å². The van der Waals surface area contributed by atoms with Crippen LogP contribution in [0.25, 0.3) is 12.2 Å². The molecule has 0 amide bonds. The first-order valence-corrected chi connectivity index (χ1v) is 13.3. The largest absolute Gasteiger partial charge is 0.294 e. The minimum absolute atomic E-state index is 0.201. The Labute approximate surface area is 209 Å². The quantitative estimate of drug-likeness (QED) is 0.219. The van der Waals surface area contributed by atoms with Crippen LogP contribution in [0.4, 0.5) is 0 Å². The molecule has 0 radical (unpaired) electrons. The average Bonchev–Trinajstić information content (AvgIpc) is 2.77. The highest BCUT2D eigenvalue weighted by Gasteiger charge is 2.37. The lowest BCUT2D eigenvalue weighted by atomic mass is 9.62. The number of aryl methyl sites for hydroxylation is 1. The molecule has 1 aliphatic carbocycles. The van der Waals surface area contributed by atoms with Gasteiger partial charge in [0, 0.05) is 12.0 Å². The summed E-state index contributed by atoms with van der Waals surface area (Å²) in [4.78, 5) is 12.0. The topological polar surface area (TPSA) is 17.1 Å². The Kier molecular flexibility index (Phi) is 7.96. The minimum atomic E-state index is 0.201. The second kappa shape index (κ2) is 10.2. The highest BCUT2D eigenvalue weighted by atomic mass is 16.1. The van der Waals surface area contributed by atoms with Crippen molar-refractivity contribution in [1.82, 2.24) is 0 Å². The molecule has 2 aromatic carbocycles. The lowest BCUT2D eigenvalue weighted by Crippen LogP contribution is -2.34. The fourth-order valence-electron chi connectivity index (χ4n) is 5.19. The Bertz CT molecular complexity index is 1030. The van der Waals surface area contributed by atoms with Gasteiger partial charge < -0.3 is 0 Å². The van der Waals surface area contributed by atoms with Crippen LogP contribution in [-0.4, -0.2) is 5.78 Å². The molecule has 0 spiro atoms. The summed E-state index contributed by atoms with van der Waals surface area (Å²) < 4.78 is 0. The van der Waals surface area contributed by atoms with E-state index in [1.54, 1.807) is 5.56 Å². The van der Waals surface area contributed by atoms with Gasteiger partial charge in [0.15, 0.2) is 5.78 Å². The SMILES string of the molecule is CCC(=O)c1ccc(/C=C/c2cc3c(cc2CCCCC(C)(C)C)C(C)(C)CCC3(C)C)cc1. The molecule has 0 saturated carbocycles. The van der Waals surface area contributed by atoms with Gasteiger partial charge in [-0.1, -0.05) is 110 Å². The number of rotatable bonds is 8. The van der Waals surface area contributed by atoms with Crippen molar-refractivity contribution in [3.63, 3.8) is 0 Å². The van der Waals surface area contributed by atoms with Gasteiger partial charge in [-0.15, -0.1) is 0 Å². The zero-order valence-electron chi connectivity index (χ0n) is 23.0. The fraction of sp³-hybridized carbons (Fsp3) is 0.545. The zero-order valence-corrected chi connectivity index (χ0v) is 23.0. The van der Waals surface area contributed by atoms with E-state index in [2.05, 4.69) is 84.9 Å². The molecule has 0 fully saturated rings. The number of carbonyl (C=O) groups is 1. The Morgan fingerprint density at radius 1 is 0.882 bits per heavy atom. The predicted molar refractivity (Wildman–Crippen MR) is 149 cm³/mol. The third-order valence-electron chi connectivity index (χ3n) is 7.74. The van der Waals surface area contributed by atoms with E-state index in [-0.39, 0.29) is 16.6 Å². The van der Waals surface area contributed by atoms with Gasteiger partial charge in [-0.25, -0.2) is 0 Å². The summed E-state index contributed by atoms with van der Waals surface area (Å²) in [7, 11) is 0. The lowest BCUT2D eigenvalue weighted by molar-refractivity contribution is 0.0988. The van der Waals surface area contributed by atoms with Crippen LogP contribution in [0.3, 0.4) is 0 Å². The van der Waals surface area contributed by atoms with Crippen molar-refractivity contribution in [1.29, 1.82) is 0 Å². The van der Waals surface area contributed by atoms with Gasteiger partial charge in [-0.2, -0.15) is 0 Å². The van der Waals surface area contributed by atoms with Crippen LogP contribution in [0.1, 0.15) is 132 Å². The van der Waals surface area contributed by atoms with Gasteiger partial charge in [-0.3, -0.25) is 4.79 Å². The molecule has 34 heavy (non-hydrogen) atoms. The average molecular weight is 459 g/mol. The number of unbranched alkanes of at least 4 members (excludes halogenated alkanes) is 1. The molecular formula is C33H46O. The molecule has 0 atom stereocenters.